The van der Waals surface area contributed by atoms with Crippen LogP contribution in [0.5, 0.6) is 0 Å². The molecule has 0 bridgehead atoms. The SMILES string of the molecule is CNC(=O)C(Cc1ccccc1)N(Cc1ccccc1F)C(=O)CN(c1cccc(Cl)c1)S(=O)(=O)c1ccc(C)cc1. The van der Waals surface area contributed by atoms with Gasteiger partial charge in [-0.2, -0.15) is 0 Å². The van der Waals surface area contributed by atoms with Crippen LogP contribution < -0.4 is 9.62 Å². The van der Waals surface area contributed by atoms with Crippen LogP contribution in [0.4, 0.5) is 10.1 Å². The second-order valence-electron chi connectivity index (χ2n) is 9.74. The molecule has 0 heterocycles. The molecule has 0 aliphatic carbocycles. The number of rotatable bonds is 11. The van der Waals surface area contributed by atoms with Crippen molar-refractivity contribution in [3.63, 3.8) is 0 Å². The van der Waals surface area contributed by atoms with Gasteiger partial charge in [0.1, 0.15) is 18.4 Å². The molecule has 0 aliphatic heterocycles. The minimum absolute atomic E-state index is 0.0198. The van der Waals surface area contributed by atoms with Crippen LogP contribution in [0.1, 0.15) is 16.7 Å². The number of hydrogen-bond acceptors (Lipinski definition) is 4. The molecule has 4 rings (SSSR count). The molecule has 0 fully saturated rings. The van der Waals surface area contributed by atoms with E-state index in [9.17, 15) is 22.4 Å². The van der Waals surface area contributed by atoms with Gasteiger partial charge in [-0.3, -0.25) is 13.9 Å². The summed E-state index contributed by atoms with van der Waals surface area (Å²) in [5, 5.41) is 2.88. The third-order valence-electron chi connectivity index (χ3n) is 6.80. The summed E-state index contributed by atoms with van der Waals surface area (Å²) in [5.41, 5.74) is 1.99. The van der Waals surface area contributed by atoms with Crippen LogP contribution in [0.2, 0.25) is 5.02 Å². The maximum absolute atomic E-state index is 14.8. The first-order valence-electron chi connectivity index (χ1n) is 13.2. The molecule has 0 aliphatic rings. The molecular formula is C32H31ClFN3O4S. The third kappa shape index (κ3) is 7.35. The summed E-state index contributed by atoms with van der Waals surface area (Å²) in [7, 11) is -2.80. The Bertz CT molecular complexity index is 1650. The predicted octanol–water partition coefficient (Wildman–Crippen LogP) is 5.37. The van der Waals surface area contributed by atoms with Crippen LogP contribution >= 0.6 is 11.6 Å². The van der Waals surface area contributed by atoms with Gasteiger partial charge in [0.05, 0.1) is 10.6 Å². The van der Waals surface area contributed by atoms with E-state index in [2.05, 4.69) is 5.32 Å². The lowest BCUT2D eigenvalue weighted by atomic mass is 10.0. The second kappa shape index (κ2) is 13.6. The lowest BCUT2D eigenvalue weighted by molar-refractivity contribution is -0.139. The summed E-state index contributed by atoms with van der Waals surface area (Å²) in [4.78, 5) is 28.6. The highest BCUT2D eigenvalue weighted by molar-refractivity contribution is 7.92. The maximum Gasteiger partial charge on any atom is 0.264 e. The topological polar surface area (TPSA) is 86.8 Å². The zero-order valence-electron chi connectivity index (χ0n) is 23.2. The Kier molecular flexibility index (Phi) is 9.98. The van der Waals surface area contributed by atoms with Gasteiger partial charge in [-0.15, -0.1) is 0 Å². The first kappa shape index (κ1) is 30.7. The highest BCUT2D eigenvalue weighted by Gasteiger charge is 2.34. The summed E-state index contributed by atoms with van der Waals surface area (Å²) in [6, 6.07) is 26.4. The molecule has 218 valence electrons. The summed E-state index contributed by atoms with van der Waals surface area (Å²) in [5.74, 6) is -1.72. The second-order valence-corrected chi connectivity index (χ2v) is 12.0. The Balaban J connectivity index is 1.80. The molecule has 7 nitrogen and oxygen atoms in total. The fourth-order valence-corrected chi connectivity index (χ4v) is 6.12. The monoisotopic (exact) mass is 607 g/mol. The first-order chi connectivity index (χ1) is 20.1. The van der Waals surface area contributed by atoms with Crippen LogP contribution in [0.25, 0.3) is 0 Å². The van der Waals surface area contributed by atoms with E-state index in [1.54, 1.807) is 30.3 Å². The fraction of sp³-hybridized carbons (Fsp3) is 0.188. The number of hydrogen-bond donors (Lipinski definition) is 1. The number of amides is 2. The lowest BCUT2D eigenvalue weighted by Crippen LogP contribution is -2.53. The predicted molar refractivity (Wildman–Crippen MR) is 162 cm³/mol. The number of nitrogens with one attached hydrogen (secondary N) is 1. The van der Waals surface area contributed by atoms with Gasteiger partial charge < -0.3 is 10.2 Å². The zero-order valence-corrected chi connectivity index (χ0v) is 24.8. The van der Waals surface area contributed by atoms with Crippen molar-refractivity contribution < 1.29 is 22.4 Å². The number of anilines is 1. The van der Waals surface area contributed by atoms with Gasteiger partial charge in [0, 0.05) is 30.6 Å². The largest absolute Gasteiger partial charge is 0.357 e. The number of aryl methyl sites for hydroxylation is 1. The Morgan fingerprint density at radius 3 is 2.21 bits per heavy atom. The molecule has 10 heteroatoms. The molecule has 42 heavy (non-hydrogen) atoms. The standard InChI is InChI=1S/C32H31ClFN3O4S/c1-23-15-17-28(18-16-23)42(40,41)37(27-13-8-12-26(33)20-27)22-31(38)36(21-25-11-6-7-14-29(25)34)30(32(39)35-2)19-24-9-4-3-5-10-24/h3-18,20,30H,19,21-22H2,1-2H3,(H,35,39). The van der Waals surface area contributed by atoms with Gasteiger partial charge in [-0.1, -0.05) is 83.9 Å². The van der Waals surface area contributed by atoms with E-state index < -0.39 is 40.2 Å². The molecule has 1 atom stereocenters. The van der Waals surface area contributed by atoms with Crippen molar-refractivity contribution >= 4 is 39.1 Å². The molecule has 4 aromatic rings. The smallest absolute Gasteiger partial charge is 0.264 e. The van der Waals surface area contributed by atoms with E-state index in [1.807, 2.05) is 37.3 Å². The van der Waals surface area contributed by atoms with Crippen LogP contribution in [0.15, 0.2) is 108 Å². The molecule has 0 aromatic heterocycles. The maximum atomic E-state index is 14.8. The molecule has 2 amide bonds. The highest BCUT2D eigenvalue weighted by atomic mass is 35.5. The number of benzene rings is 4. The van der Waals surface area contributed by atoms with Gasteiger partial charge in [0.15, 0.2) is 0 Å². The van der Waals surface area contributed by atoms with Gasteiger partial charge in [-0.05, 0) is 48.9 Å². The Morgan fingerprint density at radius 1 is 0.905 bits per heavy atom. The fourth-order valence-electron chi connectivity index (χ4n) is 4.53. The highest BCUT2D eigenvalue weighted by Crippen LogP contribution is 2.27. The zero-order chi connectivity index (χ0) is 30.3. The summed E-state index contributed by atoms with van der Waals surface area (Å²) >= 11 is 6.22. The third-order valence-corrected chi connectivity index (χ3v) is 8.82. The Morgan fingerprint density at radius 2 is 1.57 bits per heavy atom. The molecule has 4 aromatic carbocycles. The summed E-state index contributed by atoms with van der Waals surface area (Å²) < 4.78 is 43.7. The lowest BCUT2D eigenvalue weighted by Gasteiger charge is -2.33. The van der Waals surface area contributed by atoms with Crippen molar-refractivity contribution in [2.45, 2.75) is 30.8 Å². The quantitative estimate of drug-likeness (QED) is 0.248. The minimum atomic E-state index is -4.26. The van der Waals surface area contributed by atoms with Crippen molar-refractivity contribution in [1.29, 1.82) is 0 Å². The summed E-state index contributed by atoms with van der Waals surface area (Å²) in [6.07, 6.45) is 0.128. The number of halogens is 2. The Hall–Kier alpha value is -4.21. The number of sulfonamides is 1. The minimum Gasteiger partial charge on any atom is -0.357 e. The normalized spacial score (nSPS) is 11.9. The van der Waals surface area contributed by atoms with E-state index in [0.29, 0.717) is 0 Å². The van der Waals surface area contributed by atoms with Gasteiger partial charge in [0.25, 0.3) is 10.0 Å². The van der Waals surface area contributed by atoms with Crippen molar-refractivity contribution in [1.82, 2.24) is 10.2 Å². The van der Waals surface area contributed by atoms with Crippen molar-refractivity contribution in [2.75, 3.05) is 17.9 Å². The number of carbonyl (C=O) groups excluding carboxylic acids is 2. The van der Waals surface area contributed by atoms with Crippen LogP contribution in [0.3, 0.4) is 0 Å². The average Bonchev–Trinajstić information content (AvgIpc) is 2.98. The molecule has 1 unspecified atom stereocenters. The van der Waals surface area contributed by atoms with Gasteiger partial charge in [-0.25, -0.2) is 12.8 Å². The van der Waals surface area contributed by atoms with E-state index in [0.717, 1.165) is 15.4 Å². The van der Waals surface area contributed by atoms with Crippen LogP contribution in [-0.4, -0.2) is 44.8 Å². The summed E-state index contributed by atoms with van der Waals surface area (Å²) in [6.45, 7) is 0.915. The van der Waals surface area contributed by atoms with Crippen molar-refractivity contribution in [2.24, 2.45) is 0 Å². The number of carbonyl (C=O) groups is 2. The van der Waals surface area contributed by atoms with E-state index in [-0.39, 0.29) is 34.1 Å². The van der Waals surface area contributed by atoms with Gasteiger partial charge in [0.2, 0.25) is 11.8 Å². The van der Waals surface area contributed by atoms with E-state index in [4.69, 9.17) is 11.6 Å². The first-order valence-corrected chi connectivity index (χ1v) is 15.1. The van der Waals surface area contributed by atoms with E-state index >= 15 is 0 Å². The van der Waals surface area contributed by atoms with Crippen LogP contribution in [0, 0.1) is 12.7 Å². The number of likely N-dealkylation sites (N-methyl/N-ethyl adjacent to an activating group) is 1. The molecule has 0 saturated heterocycles. The Labute approximate surface area is 250 Å². The number of nitrogens with zero attached hydrogens (tertiary/aromatic N) is 2. The van der Waals surface area contributed by atoms with Crippen molar-refractivity contribution in [3.05, 3.63) is 131 Å². The van der Waals surface area contributed by atoms with Crippen LogP contribution in [-0.2, 0) is 32.6 Å². The van der Waals surface area contributed by atoms with Crippen molar-refractivity contribution in [3.8, 4) is 0 Å². The molecule has 0 spiro atoms. The molecule has 0 radical (unpaired) electrons. The van der Waals surface area contributed by atoms with Gasteiger partial charge >= 0.3 is 0 Å². The molecular weight excluding hydrogens is 577 g/mol. The van der Waals surface area contributed by atoms with E-state index in [1.165, 1.54) is 54.4 Å². The molecule has 1 N–H and O–H groups in total. The molecule has 0 saturated carbocycles. The average molecular weight is 608 g/mol.